The summed E-state index contributed by atoms with van der Waals surface area (Å²) in [6.45, 7) is 6.86. The molecule has 1 aromatic heterocycles. The standard InChI is InChI=1S/C17H23FN2S/c1-12(2)20(11-15-7-5-9-21-15)17-14(10-13(3)19)6-4-8-16(17)18/h4-9,12-13H,10-11,19H2,1-3H3. The van der Waals surface area contributed by atoms with Crippen molar-refractivity contribution in [3.8, 4) is 0 Å². The van der Waals surface area contributed by atoms with Crippen LogP contribution in [0.5, 0.6) is 0 Å². The zero-order chi connectivity index (χ0) is 15.4. The number of rotatable bonds is 6. The Morgan fingerprint density at radius 1 is 1.19 bits per heavy atom. The van der Waals surface area contributed by atoms with E-state index in [2.05, 4.69) is 30.2 Å². The Balaban J connectivity index is 2.39. The minimum Gasteiger partial charge on any atom is -0.361 e. The van der Waals surface area contributed by atoms with Gasteiger partial charge in [0, 0.05) is 17.0 Å². The third-order valence-corrected chi connectivity index (χ3v) is 4.29. The minimum atomic E-state index is -0.168. The van der Waals surface area contributed by atoms with Gasteiger partial charge in [-0.3, -0.25) is 0 Å². The smallest absolute Gasteiger partial charge is 0.146 e. The molecule has 0 saturated heterocycles. The molecule has 2 nitrogen and oxygen atoms in total. The van der Waals surface area contributed by atoms with Crippen molar-refractivity contribution in [2.24, 2.45) is 5.73 Å². The van der Waals surface area contributed by atoms with Crippen LogP contribution in [-0.2, 0) is 13.0 Å². The minimum absolute atomic E-state index is 0.0151. The lowest BCUT2D eigenvalue weighted by atomic mass is 10.0. The number of thiophene rings is 1. The molecular formula is C17H23FN2S. The zero-order valence-electron chi connectivity index (χ0n) is 12.8. The molecule has 1 atom stereocenters. The number of para-hydroxylation sites is 1. The van der Waals surface area contributed by atoms with Gasteiger partial charge in [0.2, 0.25) is 0 Å². The van der Waals surface area contributed by atoms with Crippen LogP contribution in [0.3, 0.4) is 0 Å². The van der Waals surface area contributed by atoms with Gasteiger partial charge in [0.1, 0.15) is 5.82 Å². The lowest BCUT2D eigenvalue weighted by Crippen LogP contribution is -2.32. The summed E-state index contributed by atoms with van der Waals surface area (Å²) >= 11 is 1.70. The fourth-order valence-corrected chi connectivity index (χ4v) is 3.19. The predicted octanol–water partition coefficient (Wildman–Crippen LogP) is 4.19. The van der Waals surface area contributed by atoms with Gasteiger partial charge in [0.05, 0.1) is 12.2 Å². The van der Waals surface area contributed by atoms with Gasteiger partial charge in [-0.15, -0.1) is 11.3 Å². The average molecular weight is 306 g/mol. The van der Waals surface area contributed by atoms with E-state index in [0.29, 0.717) is 12.1 Å². The van der Waals surface area contributed by atoms with E-state index in [1.807, 2.05) is 19.1 Å². The van der Waals surface area contributed by atoms with Gasteiger partial charge >= 0.3 is 0 Å². The maximum atomic E-state index is 14.5. The molecule has 0 bridgehead atoms. The molecule has 2 rings (SSSR count). The number of hydrogen-bond donors (Lipinski definition) is 1. The Labute approximate surface area is 130 Å². The summed E-state index contributed by atoms with van der Waals surface area (Å²) in [4.78, 5) is 3.36. The summed E-state index contributed by atoms with van der Waals surface area (Å²) in [6, 6.07) is 9.63. The first-order valence-electron chi connectivity index (χ1n) is 7.31. The lowest BCUT2D eigenvalue weighted by Gasteiger charge is -2.31. The molecule has 1 unspecified atom stereocenters. The highest BCUT2D eigenvalue weighted by Gasteiger charge is 2.20. The highest BCUT2D eigenvalue weighted by atomic mass is 32.1. The molecule has 21 heavy (non-hydrogen) atoms. The fourth-order valence-electron chi connectivity index (χ4n) is 2.48. The molecule has 2 N–H and O–H groups in total. The summed E-state index contributed by atoms with van der Waals surface area (Å²) in [5.74, 6) is -0.168. The topological polar surface area (TPSA) is 29.3 Å². The van der Waals surface area contributed by atoms with Crippen LogP contribution in [0.1, 0.15) is 31.2 Å². The van der Waals surface area contributed by atoms with Crippen molar-refractivity contribution in [3.63, 3.8) is 0 Å². The van der Waals surface area contributed by atoms with Gasteiger partial charge in [0.25, 0.3) is 0 Å². The summed E-state index contributed by atoms with van der Waals surface area (Å²) < 4.78 is 14.5. The first-order chi connectivity index (χ1) is 9.99. The van der Waals surface area contributed by atoms with Crippen LogP contribution in [0.4, 0.5) is 10.1 Å². The summed E-state index contributed by atoms with van der Waals surface area (Å²) in [5, 5.41) is 2.05. The molecule has 0 saturated carbocycles. The van der Waals surface area contributed by atoms with Crippen molar-refractivity contribution < 1.29 is 4.39 Å². The van der Waals surface area contributed by atoms with E-state index in [1.165, 1.54) is 10.9 Å². The van der Waals surface area contributed by atoms with Gasteiger partial charge in [-0.25, -0.2) is 4.39 Å². The van der Waals surface area contributed by atoms with Crippen LogP contribution in [0, 0.1) is 5.82 Å². The van der Waals surface area contributed by atoms with Crippen molar-refractivity contribution >= 4 is 17.0 Å². The molecule has 0 amide bonds. The van der Waals surface area contributed by atoms with E-state index in [1.54, 1.807) is 17.4 Å². The van der Waals surface area contributed by atoms with Crippen molar-refractivity contribution in [3.05, 3.63) is 52.0 Å². The largest absolute Gasteiger partial charge is 0.361 e. The molecule has 0 radical (unpaired) electrons. The van der Waals surface area contributed by atoms with Crippen LogP contribution in [0.25, 0.3) is 0 Å². The molecule has 0 aliphatic rings. The average Bonchev–Trinajstić information content (AvgIpc) is 2.89. The molecule has 114 valence electrons. The van der Waals surface area contributed by atoms with Crippen molar-refractivity contribution in [1.82, 2.24) is 0 Å². The number of benzene rings is 1. The van der Waals surface area contributed by atoms with Gasteiger partial charge in [0.15, 0.2) is 0 Å². The Morgan fingerprint density at radius 2 is 1.95 bits per heavy atom. The van der Waals surface area contributed by atoms with Crippen LogP contribution in [0.15, 0.2) is 35.7 Å². The Bertz CT molecular complexity index is 564. The molecule has 0 aliphatic heterocycles. The summed E-state index contributed by atoms with van der Waals surface area (Å²) in [7, 11) is 0. The van der Waals surface area contributed by atoms with Crippen LogP contribution in [0.2, 0.25) is 0 Å². The Kier molecular flexibility index (Phi) is 5.37. The van der Waals surface area contributed by atoms with Gasteiger partial charge < -0.3 is 10.6 Å². The van der Waals surface area contributed by atoms with Crippen LogP contribution < -0.4 is 10.6 Å². The monoisotopic (exact) mass is 306 g/mol. The van der Waals surface area contributed by atoms with Crippen molar-refractivity contribution in [1.29, 1.82) is 0 Å². The molecule has 1 heterocycles. The first-order valence-corrected chi connectivity index (χ1v) is 8.19. The van der Waals surface area contributed by atoms with Crippen molar-refractivity contribution in [2.45, 2.75) is 45.8 Å². The second-order valence-electron chi connectivity index (χ2n) is 5.73. The maximum absolute atomic E-state index is 14.5. The third-order valence-electron chi connectivity index (χ3n) is 3.43. The third kappa shape index (κ3) is 4.05. The van der Waals surface area contributed by atoms with E-state index in [0.717, 1.165) is 12.1 Å². The second kappa shape index (κ2) is 7.05. The number of anilines is 1. The zero-order valence-corrected chi connectivity index (χ0v) is 13.7. The molecule has 4 heteroatoms. The number of halogens is 1. The molecule has 0 spiro atoms. The predicted molar refractivity (Wildman–Crippen MR) is 89.4 cm³/mol. The van der Waals surface area contributed by atoms with E-state index in [4.69, 9.17) is 5.73 Å². The lowest BCUT2D eigenvalue weighted by molar-refractivity contribution is 0.593. The van der Waals surface area contributed by atoms with E-state index in [-0.39, 0.29) is 17.9 Å². The molecule has 2 aromatic rings. The van der Waals surface area contributed by atoms with E-state index < -0.39 is 0 Å². The van der Waals surface area contributed by atoms with Gasteiger partial charge in [-0.05, 0) is 50.3 Å². The Morgan fingerprint density at radius 3 is 2.52 bits per heavy atom. The SMILES string of the molecule is CC(N)Cc1cccc(F)c1N(Cc1cccs1)C(C)C. The van der Waals surface area contributed by atoms with Crippen molar-refractivity contribution in [2.75, 3.05) is 4.90 Å². The maximum Gasteiger partial charge on any atom is 0.146 e. The molecular weight excluding hydrogens is 283 g/mol. The quantitative estimate of drug-likeness (QED) is 0.867. The molecule has 1 aromatic carbocycles. The molecule has 0 aliphatic carbocycles. The van der Waals surface area contributed by atoms with Crippen LogP contribution >= 0.6 is 11.3 Å². The highest BCUT2D eigenvalue weighted by molar-refractivity contribution is 7.09. The summed E-state index contributed by atoms with van der Waals surface area (Å²) in [6.07, 6.45) is 0.681. The van der Waals surface area contributed by atoms with E-state index >= 15 is 0 Å². The Hall–Kier alpha value is -1.39. The van der Waals surface area contributed by atoms with Crippen LogP contribution in [-0.4, -0.2) is 12.1 Å². The fraction of sp³-hybridized carbons (Fsp3) is 0.412. The van der Waals surface area contributed by atoms with E-state index in [9.17, 15) is 4.39 Å². The van der Waals surface area contributed by atoms with Gasteiger partial charge in [-0.1, -0.05) is 18.2 Å². The first kappa shape index (κ1) is 16.0. The number of nitrogens with zero attached hydrogens (tertiary/aromatic N) is 1. The number of hydrogen-bond acceptors (Lipinski definition) is 3. The summed E-state index contributed by atoms with van der Waals surface area (Å²) in [5.41, 5.74) is 7.59. The van der Waals surface area contributed by atoms with Gasteiger partial charge in [-0.2, -0.15) is 0 Å². The highest BCUT2D eigenvalue weighted by Crippen LogP contribution is 2.29. The normalized spacial score (nSPS) is 12.7. The molecule has 0 fully saturated rings. The number of nitrogens with two attached hydrogens (primary N) is 1. The second-order valence-corrected chi connectivity index (χ2v) is 6.76.